The van der Waals surface area contributed by atoms with Crippen molar-refractivity contribution in [2.45, 2.75) is 0 Å². The lowest BCUT2D eigenvalue weighted by atomic mass is 15.9. The van der Waals surface area contributed by atoms with Crippen LogP contribution in [0.5, 0.6) is 0 Å². The summed E-state index contributed by atoms with van der Waals surface area (Å²) in [5, 5.41) is 0. The van der Waals surface area contributed by atoms with Gasteiger partial charge in [0.25, 0.3) is 10.3 Å². The van der Waals surface area contributed by atoms with Gasteiger partial charge in [-0.05, 0) is 0 Å². The Kier molecular flexibility index (Phi) is 1.86. The van der Waals surface area contributed by atoms with Crippen LogP contribution in [0.4, 0.5) is 0 Å². The van der Waals surface area contributed by atoms with Crippen molar-refractivity contribution in [3.63, 3.8) is 0 Å². The predicted octanol–water partition coefficient (Wildman–Crippen LogP) is 0.234. The van der Waals surface area contributed by atoms with Gasteiger partial charge in [-0.25, -0.2) is 4.21 Å². The number of halogens is 1. The smallest absolute Gasteiger partial charge is 0.209 e. The van der Waals surface area contributed by atoms with E-state index in [-0.39, 0.29) is 0 Å². The molecule has 0 aliphatic rings. The van der Waals surface area contributed by atoms with E-state index < -0.39 is 10.3 Å². The molecule has 1 unspecified atom stereocenters. The highest BCUT2D eigenvalue weighted by molar-refractivity contribution is 8.03. The van der Waals surface area contributed by atoms with E-state index in [2.05, 4.69) is 10.7 Å². The Morgan fingerprint density at radius 2 is 1.75 bits per heavy atom. The van der Waals surface area contributed by atoms with Crippen molar-refractivity contribution in [3.05, 3.63) is 0 Å². The Balaban J connectivity index is 2.80. The highest BCUT2D eigenvalue weighted by Gasteiger charge is 1.70. The minimum Gasteiger partial charge on any atom is -0.209 e. The summed E-state index contributed by atoms with van der Waals surface area (Å²) in [5.41, 5.74) is 0. The maximum Gasteiger partial charge on any atom is 0.285 e. The van der Waals surface area contributed by atoms with E-state index in [9.17, 15) is 0 Å². The first-order chi connectivity index (χ1) is 1.73. The molecule has 0 N–H and O–H groups in total. The Morgan fingerprint density at radius 1 is 1.75 bits per heavy atom. The summed E-state index contributed by atoms with van der Waals surface area (Å²) < 4.78 is 17.5. The molecule has 0 aliphatic heterocycles. The average molecular weight is 99.5 g/mol. The summed E-state index contributed by atoms with van der Waals surface area (Å²) in [7, 11) is 1.80. The molecule has 0 spiro atoms. The van der Waals surface area contributed by atoms with Gasteiger partial charge in [0.2, 0.25) is 0 Å². The third kappa shape index (κ3) is 29.4. The molecule has 0 aromatic carbocycles. The van der Waals surface area contributed by atoms with Crippen LogP contribution in [0.1, 0.15) is 0 Å². The molecule has 0 fully saturated rings. The molecule has 0 aromatic rings. The largest absolute Gasteiger partial charge is 0.285 e. The normalized spacial score (nSPS) is 15.5. The summed E-state index contributed by atoms with van der Waals surface area (Å²) >= 11 is 0. The zero-order valence-corrected chi connectivity index (χ0v) is 3.18. The molecule has 0 saturated heterocycles. The van der Waals surface area contributed by atoms with Crippen LogP contribution < -0.4 is 0 Å². The lowest BCUT2D eigenvalue weighted by Gasteiger charge is -1.49. The molecule has 1 atom stereocenters. The van der Waals surface area contributed by atoms with Gasteiger partial charge >= 0.3 is 0 Å². The zero-order valence-electron chi connectivity index (χ0n) is 1.60. The van der Waals surface area contributed by atoms with Gasteiger partial charge in [-0.15, -0.1) is 0 Å². The summed E-state index contributed by atoms with van der Waals surface area (Å²) in [6.45, 7) is 0. The molecule has 25 valence electrons. The lowest BCUT2D eigenvalue weighted by Crippen LogP contribution is -1.55. The second-order valence-corrected chi connectivity index (χ2v) is 1.34. The topological polar surface area (TPSA) is 37.0 Å². The monoisotopic (exact) mass is 98.9 g/mol. The van der Waals surface area contributed by atoms with E-state index >= 15 is 0 Å². The van der Waals surface area contributed by atoms with Crippen molar-refractivity contribution in [1.82, 2.24) is 0 Å². The van der Waals surface area contributed by atoms with Gasteiger partial charge in [0.1, 0.15) is 0 Å². The fourth-order valence-electron chi connectivity index (χ4n) is 0. The van der Waals surface area contributed by atoms with E-state index in [1.54, 1.807) is 0 Å². The van der Waals surface area contributed by atoms with E-state index in [0.29, 0.717) is 0 Å². The van der Waals surface area contributed by atoms with Gasteiger partial charge in [-0.3, -0.25) is 0 Å². The molecule has 4 heteroatoms. The van der Waals surface area contributed by atoms with Crippen molar-refractivity contribution in [2.75, 3.05) is 0 Å². The van der Waals surface area contributed by atoms with Crippen molar-refractivity contribution < 1.29 is 8.76 Å². The first-order valence-corrected chi connectivity index (χ1v) is 2.39. The summed E-state index contributed by atoms with van der Waals surface area (Å²) in [6, 6.07) is 0. The quantitative estimate of drug-likeness (QED) is 0.401. The van der Waals surface area contributed by atoms with Gasteiger partial charge in [-0.2, -0.15) is 0 Å². The number of hydrogen-bond donors (Lipinski definition) is 0. The van der Waals surface area contributed by atoms with Gasteiger partial charge in [0, 0.05) is 10.7 Å². The summed E-state index contributed by atoms with van der Waals surface area (Å²) in [4.78, 5) is 0. The Labute approximate surface area is 30.6 Å². The fourth-order valence-corrected chi connectivity index (χ4v) is 0. The molecular weight excluding hydrogens is 99.5 g/mol. The Morgan fingerprint density at radius 3 is 1.75 bits per heavy atom. The molecule has 2 nitrogen and oxygen atoms in total. The minimum atomic E-state index is -2.39. The SMILES string of the molecule is [O]S(=O)Cl. The van der Waals surface area contributed by atoms with Gasteiger partial charge in [0.05, 0.1) is 0 Å². The van der Waals surface area contributed by atoms with E-state index in [4.69, 9.17) is 8.76 Å². The molecule has 0 heterocycles. The van der Waals surface area contributed by atoms with Gasteiger partial charge < -0.3 is 0 Å². The first kappa shape index (κ1) is 4.40. The highest BCUT2D eigenvalue weighted by atomic mass is 35.7. The van der Waals surface area contributed by atoms with Crippen LogP contribution in [-0.2, 0) is 14.8 Å². The maximum atomic E-state index is 8.77. The fraction of sp³-hybridized carbons (Fsp3) is 0. The van der Waals surface area contributed by atoms with Gasteiger partial charge in [-0.1, -0.05) is 4.55 Å². The second kappa shape index (κ2) is 1.69. The molecule has 0 rings (SSSR count). The average Bonchev–Trinajstić information content (AvgIpc) is 0.811. The Hall–Kier alpha value is 0.400. The van der Waals surface area contributed by atoms with E-state index in [1.165, 1.54) is 0 Å². The molecule has 0 amide bonds. The molecule has 0 bridgehead atoms. The van der Waals surface area contributed by atoms with E-state index in [0.717, 1.165) is 0 Å². The third-order valence-corrected chi connectivity index (χ3v) is 0. The second-order valence-electron chi connectivity index (χ2n) is 0.194. The Bertz CT molecular complexity index is 29.0. The van der Waals surface area contributed by atoms with Crippen molar-refractivity contribution in [3.8, 4) is 0 Å². The first-order valence-electron chi connectivity index (χ1n) is 0.488. The van der Waals surface area contributed by atoms with Crippen LogP contribution in [0.15, 0.2) is 0 Å². The molecule has 0 aromatic heterocycles. The van der Waals surface area contributed by atoms with Crippen LogP contribution in [0.25, 0.3) is 0 Å². The molecule has 0 saturated carbocycles. The van der Waals surface area contributed by atoms with Crippen LogP contribution >= 0.6 is 10.7 Å². The van der Waals surface area contributed by atoms with Crippen LogP contribution in [0.2, 0.25) is 0 Å². The number of hydrogen-bond acceptors (Lipinski definition) is 1. The summed E-state index contributed by atoms with van der Waals surface area (Å²) in [5.74, 6) is 0. The van der Waals surface area contributed by atoms with Crippen LogP contribution in [0.3, 0.4) is 0 Å². The van der Waals surface area contributed by atoms with Crippen LogP contribution in [0, 0.1) is 0 Å². The summed E-state index contributed by atoms with van der Waals surface area (Å²) in [6.07, 6.45) is 0. The maximum absolute atomic E-state index is 8.77. The van der Waals surface area contributed by atoms with Crippen LogP contribution in [-0.4, -0.2) is 4.21 Å². The van der Waals surface area contributed by atoms with Gasteiger partial charge in [0.15, 0.2) is 0 Å². The third-order valence-electron chi connectivity index (χ3n) is 0. The lowest BCUT2D eigenvalue weighted by molar-refractivity contribution is 0.487. The molecule has 1 radical (unpaired) electrons. The zero-order chi connectivity index (χ0) is 3.58. The minimum absolute atomic E-state index is 2.39. The number of rotatable bonds is 0. The van der Waals surface area contributed by atoms with Crippen molar-refractivity contribution >= 4 is 21.0 Å². The standard InChI is InChI=1S/ClO2S/c1-4(2)3. The van der Waals surface area contributed by atoms with Crippen molar-refractivity contribution in [2.24, 2.45) is 0 Å². The van der Waals surface area contributed by atoms with E-state index in [1.807, 2.05) is 0 Å². The highest BCUT2D eigenvalue weighted by Crippen LogP contribution is 1.74. The van der Waals surface area contributed by atoms with Crippen molar-refractivity contribution in [1.29, 1.82) is 0 Å². The molecule has 0 aliphatic carbocycles. The molecular formula is ClO2S. The predicted molar refractivity (Wildman–Crippen MR) is 14.7 cm³/mol. The molecule has 4 heavy (non-hydrogen) atoms.